The van der Waals surface area contributed by atoms with Gasteiger partial charge in [-0.1, -0.05) is 26.7 Å². The van der Waals surface area contributed by atoms with Crippen LogP contribution in [0.4, 0.5) is 0 Å². The van der Waals surface area contributed by atoms with Crippen LogP contribution in [0.15, 0.2) is 0 Å². The molecule has 100 valence electrons. The van der Waals surface area contributed by atoms with Gasteiger partial charge in [-0.15, -0.1) is 0 Å². The fraction of sp³-hybridized carbons (Fsp3) is 0.929. The minimum absolute atomic E-state index is 0.0685. The van der Waals surface area contributed by atoms with E-state index in [9.17, 15) is 4.79 Å². The summed E-state index contributed by atoms with van der Waals surface area (Å²) in [5.41, 5.74) is 0. The number of hydrogen-bond donors (Lipinski definition) is 1. The first-order valence-electron chi connectivity index (χ1n) is 6.85. The fourth-order valence-corrected chi connectivity index (χ4v) is 2.66. The Labute approximate surface area is 105 Å². The zero-order valence-electron chi connectivity index (χ0n) is 11.7. The van der Waals surface area contributed by atoms with Crippen molar-refractivity contribution in [1.29, 1.82) is 0 Å². The zero-order valence-corrected chi connectivity index (χ0v) is 11.7. The van der Waals surface area contributed by atoms with E-state index in [1.165, 1.54) is 32.8 Å². The summed E-state index contributed by atoms with van der Waals surface area (Å²) in [5, 5.41) is 3.49. The molecule has 17 heavy (non-hydrogen) atoms. The van der Waals surface area contributed by atoms with Crippen molar-refractivity contribution in [1.82, 2.24) is 5.32 Å². The van der Waals surface area contributed by atoms with E-state index in [1.807, 2.05) is 6.92 Å². The summed E-state index contributed by atoms with van der Waals surface area (Å²) in [6, 6.07) is 0.194. The Bertz CT molecular complexity index is 242. The largest absolute Gasteiger partial charge is 0.469 e. The molecule has 0 radical (unpaired) electrons. The Morgan fingerprint density at radius 1 is 1.41 bits per heavy atom. The highest BCUT2D eigenvalue weighted by molar-refractivity contribution is 5.72. The second-order valence-electron chi connectivity index (χ2n) is 5.65. The van der Waals surface area contributed by atoms with Gasteiger partial charge in [-0.05, 0) is 38.1 Å². The van der Waals surface area contributed by atoms with Crippen LogP contribution >= 0.6 is 0 Å². The Balaban J connectivity index is 2.27. The fourth-order valence-electron chi connectivity index (χ4n) is 2.66. The van der Waals surface area contributed by atoms with Gasteiger partial charge >= 0.3 is 5.97 Å². The monoisotopic (exact) mass is 241 g/mol. The molecule has 1 fully saturated rings. The number of carbonyl (C=O) groups is 1. The molecule has 0 heterocycles. The molecule has 1 aliphatic carbocycles. The van der Waals surface area contributed by atoms with Gasteiger partial charge in [-0.3, -0.25) is 4.79 Å². The molecule has 0 amide bonds. The van der Waals surface area contributed by atoms with Crippen LogP contribution in [0.3, 0.4) is 0 Å². The van der Waals surface area contributed by atoms with Crippen LogP contribution in [0.1, 0.15) is 46.5 Å². The Morgan fingerprint density at radius 3 is 2.71 bits per heavy atom. The minimum Gasteiger partial charge on any atom is -0.469 e. The number of methoxy groups -OCH3 is 1. The summed E-state index contributed by atoms with van der Waals surface area (Å²) in [6.07, 6.45) is 5.39. The topological polar surface area (TPSA) is 38.3 Å². The lowest BCUT2D eigenvalue weighted by Gasteiger charge is -2.29. The molecule has 0 bridgehead atoms. The van der Waals surface area contributed by atoms with Gasteiger partial charge in [0.25, 0.3) is 0 Å². The third-order valence-corrected chi connectivity index (χ3v) is 4.10. The zero-order chi connectivity index (χ0) is 12.8. The average molecular weight is 241 g/mol. The minimum atomic E-state index is -0.123. The molecule has 0 aromatic carbocycles. The van der Waals surface area contributed by atoms with Gasteiger partial charge in [-0.25, -0.2) is 0 Å². The molecule has 0 aromatic heterocycles. The van der Waals surface area contributed by atoms with Crippen LogP contribution in [0, 0.1) is 17.8 Å². The highest BCUT2D eigenvalue weighted by Crippen LogP contribution is 2.28. The third-order valence-electron chi connectivity index (χ3n) is 4.10. The molecule has 3 heteroatoms. The van der Waals surface area contributed by atoms with E-state index < -0.39 is 0 Å². The number of rotatable bonds is 5. The molecule has 0 saturated heterocycles. The molecule has 1 aliphatic rings. The summed E-state index contributed by atoms with van der Waals surface area (Å²) in [5.74, 6) is 1.46. The van der Waals surface area contributed by atoms with Gasteiger partial charge in [-0.2, -0.15) is 0 Å². The van der Waals surface area contributed by atoms with Crippen molar-refractivity contribution in [2.24, 2.45) is 17.8 Å². The SMILES string of the molecule is COC(=O)C(C)C(C)NCC1CCCC(C)C1. The van der Waals surface area contributed by atoms with Crippen molar-refractivity contribution in [3.05, 3.63) is 0 Å². The summed E-state index contributed by atoms with van der Waals surface area (Å²) >= 11 is 0. The van der Waals surface area contributed by atoms with E-state index >= 15 is 0 Å². The molecule has 0 aromatic rings. The molecule has 4 atom stereocenters. The summed E-state index contributed by atoms with van der Waals surface area (Å²) in [6.45, 7) is 7.36. The molecule has 1 saturated carbocycles. The number of carbonyl (C=O) groups excluding carboxylic acids is 1. The van der Waals surface area contributed by atoms with Crippen LogP contribution in [0.25, 0.3) is 0 Å². The van der Waals surface area contributed by atoms with Gasteiger partial charge in [0.1, 0.15) is 0 Å². The van der Waals surface area contributed by atoms with E-state index in [1.54, 1.807) is 0 Å². The molecule has 0 spiro atoms. The van der Waals surface area contributed by atoms with Crippen LogP contribution in [-0.2, 0) is 9.53 Å². The molecular weight excluding hydrogens is 214 g/mol. The molecule has 1 rings (SSSR count). The summed E-state index contributed by atoms with van der Waals surface area (Å²) in [4.78, 5) is 11.4. The van der Waals surface area contributed by atoms with Crippen molar-refractivity contribution >= 4 is 5.97 Å². The van der Waals surface area contributed by atoms with Crippen molar-refractivity contribution in [3.8, 4) is 0 Å². The van der Waals surface area contributed by atoms with Gasteiger partial charge in [0, 0.05) is 6.04 Å². The van der Waals surface area contributed by atoms with Crippen LogP contribution in [-0.4, -0.2) is 25.7 Å². The first-order valence-corrected chi connectivity index (χ1v) is 6.85. The standard InChI is InChI=1S/C14H27NO2/c1-10-6-5-7-13(8-10)9-15-12(3)11(2)14(16)17-4/h10-13,15H,5-9H2,1-4H3. The predicted octanol–water partition coefficient (Wildman–Crippen LogP) is 2.60. The van der Waals surface area contributed by atoms with E-state index in [-0.39, 0.29) is 17.9 Å². The number of ether oxygens (including phenoxy) is 1. The Hall–Kier alpha value is -0.570. The second-order valence-corrected chi connectivity index (χ2v) is 5.65. The number of esters is 1. The molecule has 3 nitrogen and oxygen atoms in total. The molecule has 1 N–H and O–H groups in total. The van der Waals surface area contributed by atoms with Crippen molar-refractivity contribution in [2.75, 3.05) is 13.7 Å². The lowest BCUT2D eigenvalue weighted by molar-refractivity contribution is -0.145. The quantitative estimate of drug-likeness (QED) is 0.752. The smallest absolute Gasteiger partial charge is 0.309 e. The van der Waals surface area contributed by atoms with E-state index in [0.29, 0.717) is 0 Å². The maximum atomic E-state index is 11.4. The lowest BCUT2D eigenvalue weighted by Crippen LogP contribution is -2.40. The third kappa shape index (κ3) is 4.66. The summed E-state index contributed by atoms with van der Waals surface area (Å²) < 4.78 is 4.76. The van der Waals surface area contributed by atoms with Gasteiger partial charge in [0.2, 0.25) is 0 Å². The highest BCUT2D eigenvalue weighted by atomic mass is 16.5. The van der Waals surface area contributed by atoms with Crippen LogP contribution in [0.2, 0.25) is 0 Å². The summed E-state index contributed by atoms with van der Waals surface area (Å²) in [7, 11) is 1.45. The Kier molecular flexibility index (Phi) is 5.96. The first-order chi connectivity index (χ1) is 8.04. The number of nitrogens with one attached hydrogen (secondary N) is 1. The molecular formula is C14H27NO2. The van der Waals surface area contributed by atoms with Gasteiger partial charge in [0.15, 0.2) is 0 Å². The van der Waals surface area contributed by atoms with E-state index in [2.05, 4.69) is 19.2 Å². The lowest BCUT2D eigenvalue weighted by atomic mass is 9.82. The maximum absolute atomic E-state index is 11.4. The number of hydrogen-bond acceptors (Lipinski definition) is 3. The van der Waals surface area contributed by atoms with Gasteiger partial charge < -0.3 is 10.1 Å². The van der Waals surface area contributed by atoms with Crippen LogP contribution < -0.4 is 5.32 Å². The Morgan fingerprint density at radius 2 is 2.12 bits per heavy atom. The van der Waals surface area contributed by atoms with Crippen molar-refractivity contribution in [2.45, 2.75) is 52.5 Å². The van der Waals surface area contributed by atoms with Crippen molar-refractivity contribution < 1.29 is 9.53 Å². The highest BCUT2D eigenvalue weighted by Gasteiger charge is 2.23. The molecule has 4 unspecified atom stereocenters. The van der Waals surface area contributed by atoms with E-state index in [0.717, 1.165) is 18.4 Å². The average Bonchev–Trinajstić information content (AvgIpc) is 2.34. The predicted molar refractivity (Wildman–Crippen MR) is 69.8 cm³/mol. The normalized spacial score (nSPS) is 28.5. The van der Waals surface area contributed by atoms with Gasteiger partial charge in [0.05, 0.1) is 13.0 Å². The van der Waals surface area contributed by atoms with Crippen LogP contribution in [0.5, 0.6) is 0 Å². The maximum Gasteiger partial charge on any atom is 0.309 e. The second kappa shape index (κ2) is 7.00. The van der Waals surface area contributed by atoms with E-state index in [4.69, 9.17) is 4.74 Å². The van der Waals surface area contributed by atoms with Crippen molar-refractivity contribution in [3.63, 3.8) is 0 Å². The molecule has 0 aliphatic heterocycles. The first kappa shape index (κ1) is 14.5.